The van der Waals surface area contributed by atoms with E-state index >= 15 is 0 Å². The van der Waals surface area contributed by atoms with Gasteiger partial charge in [0.25, 0.3) is 0 Å². The van der Waals surface area contributed by atoms with Crippen LogP contribution in [-0.2, 0) is 9.47 Å². The van der Waals surface area contributed by atoms with E-state index in [4.69, 9.17) is 21.1 Å². The van der Waals surface area contributed by atoms with Crippen molar-refractivity contribution in [3.05, 3.63) is 29.6 Å². The van der Waals surface area contributed by atoms with Crippen LogP contribution in [0, 0.1) is 0 Å². The SMILES string of the molecule is CC(C)(C)OC(=O)N1C[C@H](c2ncc3c(Cl)nccn23)OC[C@H]1CO. The van der Waals surface area contributed by atoms with Crippen LogP contribution >= 0.6 is 11.6 Å². The summed E-state index contributed by atoms with van der Waals surface area (Å²) in [7, 11) is 0. The first-order chi connectivity index (χ1) is 11.8. The molecule has 0 aliphatic carbocycles. The van der Waals surface area contributed by atoms with Crippen molar-refractivity contribution in [2.24, 2.45) is 0 Å². The molecule has 2 atom stereocenters. The fourth-order valence-electron chi connectivity index (χ4n) is 2.70. The van der Waals surface area contributed by atoms with E-state index in [9.17, 15) is 9.90 Å². The van der Waals surface area contributed by atoms with Gasteiger partial charge in [0.1, 0.15) is 23.0 Å². The van der Waals surface area contributed by atoms with E-state index < -0.39 is 23.8 Å². The third-order valence-electron chi connectivity index (χ3n) is 3.86. The van der Waals surface area contributed by atoms with Gasteiger partial charge in [0.2, 0.25) is 0 Å². The Morgan fingerprint density at radius 1 is 1.48 bits per heavy atom. The van der Waals surface area contributed by atoms with Crippen molar-refractivity contribution >= 4 is 23.2 Å². The van der Waals surface area contributed by atoms with Crippen molar-refractivity contribution in [3.63, 3.8) is 0 Å². The first kappa shape index (κ1) is 17.9. The lowest BCUT2D eigenvalue weighted by Gasteiger charge is -2.38. The number of ether oxygens (including phenoxy) is 2. The fourth-order valence-corrected chi connectivity index (χ4v) is 2.90. The molecule has 3 heterocycles. The van der Waals surface area contributed by atoms with Crippen molar-refractivity contribution in [2.45, 2.75) is 38.5 Å². The second-order valence-corrected chi connectivity index (χ2v) is 7.24. The predicted octanol–water partition coefficient (Wildman–Crippen LogP) is 2.05. The molecule has 0 unspecified atom stereocenters. The van der Waals surface area contributed by atoms with Gasteiger partial charge in [-0.1, -0.05) is 11.6 Å². The molecule has 0 saturated carbocycles. The Hall–Kier alpha value is -1.90. The summed E-state index contributed by atoms with van der Waals surface area (Å²) >= 11 is 6.08. The highest BCUT2D eigenvalue weighted by Crippen LogP contribution is 2.27. The summed E-state index contributed by atoms with van der Waals surface area (Å²) in [4.78, 5) is 22.4. The minimum atomic E-state index is -0.621. The van der Waals surface area contributed by atoms with E-state index in [2.05, 4.69) is 9.97 Å². The number of aromatic nitrogens is 3. The van der Waals surface area contributed by atoms with Crippen molar-refractivity contribution in [1.29, 1.82) is 0 Å². The Kier molecular flexibility index (Phi) is 4.86. The van der Waals surface area contributed by atoms with E-state index in [1.54, 1.807) is 43.8 Å². The number of carbonyl (C=O) groups excluding carboxylic acids is 1. The molecule has 8 nitrogen and oxygen atoms in total. The number of aliphatic hydroxyl groups excluding tert-OH is 1. The zero-order valence-corrected chi connectivity index (χ0v) is 15.1. The topological polar surface area (TPSA) is 89.2 Å². The maximum atomic E-state index is 12.5. The van der Waals surface area contributed by atoms with Gasteiger partial charge in [-0.25, -0.2) is 14.8 Å². The van der Waals surface area contributed by atoms with Crippen LogP contribution in [0.2, 0.25) is 5.15 Å². The number of hydrogen-bond donors (Lipinski definition) is 1. The standard InChI is InChI=1S/C16H21ClN4O4/c1-16(2,3)25-15(23)21-7-12(24-9-10(21)8-22)14-19-6-11-13(17)18-4-5-20(11)14/h4-6,10,12,22H,7-9H2,1-3H3/t10-,12-/m1/s1. The van der Waals surface area contributed by atoms with Gasteiger partial charge in [0.05, 0.1) is 32.0 Å². The highest BCUT2D eigenvalue weighted by atomic mass is 35.5. The summed E-state index contributed by atoms with van der Waals surface area (Å²) in [5.74, 6) is 0.615. The van der Waals surface area contributed by atoms with Gasteiger partial charge >= 0.3 is 6.09 Å². The van der Waals surface area contributed by atoms with Gasteiger partial charge in [-0.3, -0.25) is 9.30 Å². The predicted molar refractivity (Wildman–Crippen MR) is 90.5 cm³/mol. The third kappa shape index (κ3) is 3.70. The second-order valence-electron chi connectivity index (χ2n) is 6.88. The van der Waals surface area contributed by atoms with Crippen LogP contribution in [-0.4, -0.2) is 61.9 Å². The third-order valence-corrected chi connectivity index (χ3v) is 4.15. The van der Waals surface area contributed by atoms with Crippen molar-refractivity contribution in [2.75, 3.05) is 19.8 Å². The molecular formula is C16H21ClN4O4. The first-order valence-electron chi connectivity index (χ1n) is 7.99. The maximum Gasteiger partial charge on any atom is 0.410 e. The van der Waals surface area contributed by atoms with E-state index in [0.717, 1.165) is 0 Å². The normalized spacial score (nSPS) is 21.6. The average molecular weight is 369 g/mol. The lowest BCUT2D eigenvalue weighted by atomic mass is 10.1. The number of hydrogen-bond acceptors (Lipinski definition) is 6. The lowest BCUT2D eigenvalue weighted by Crippen LogP contribution is -2.53. The van der Waals surface area contributed by atoms with Gasteiger partial charge in [0, 0.05) is 12.4 Å². The molecule has 0 aromatic carbocycles. The molecule has 0 spiro atoms. The minimum absolute atomic E-state index is 0.189. The minimum Gasteiger partial charge on any atom is -0.444 e. The van der Waals surface area contributed by atoms with E-state index in [1.807, 2.05) is 0 Å². The van der Waals surface area contributed by atoms with E-state index in [-0.39, 0.29) is 19.8 Å². The number of imidazole rings is 1. The summed E-state index contributed by atoms with van der Waals surface area (Å²) < 4.78 is 13.1. The number of rotatable bonds is 2. The number of morpholine rings is 1. The summed E-state index contributed by atoms with van der Waals surface area (Å²) in [6.07, 6.45) is 3.98. The molecule has 3 rings (SSSR count). The second kappa shape index (κ2) is 6.78. The van der Waals surface area contributed by atoms with Gasteiger partial charge in [-0.2, -0.15) is 0 Å². The molecule has 1 saturated heterocycles. The maximum absolute atomic E-state index is 12.5. The van der Waals surface area contributed by atoms with Gasteiger partial charge < -0.3 is 14.6 Å². The van der Waals surface area contributed by atoms with Crippen LogP contribution in [0.25, 0.3) is 5.52 Å². The molecule has 9 heteroatoms. The number of nitrogens with zero attached hydrogens (tertiary/aromatic N) is 4. The van der Waals surface area contributed by atoms with Crippen LogP contribution in [0.5, 0.6) is 0 Å². The molecular weight excluding hydrogens is 348 g/mol. The number of carbonyl (C=O) groups is 1. The molecule has 1 amide bonds. The van der Waals surface area contributed by atoms with Crippen LogP contribution in [0.3, 0.4) is 0 Å². The largest absolute Gasteiger partial charge is 0.444 e. The van der Waals surface area contributed by atoms with Crippen molar-refractivity contribution in [1.82, 2.24) is 19.3 Å². The number of amides is 1. The summed E-state index contributed by atoms with van der Waals surface area (Å²) in [5, 5.41) is 9.90. The number of halogens is 1. The molecule has 1 fully saturated rings. The summed E-state index contributed by atoms with van der Waals surface area (Å²) in [6.45, 7) is 5.60. The van der Waals surface area contributed by atoms with Crippen LogP contribution in [0.15, 0.2) is 18.6 Å². The van der Waals surface area contributed by atoms with E-state index in [0.29, 0.717) is 16.5 Å². The van der Waals surface area contributed by atoms with Gasteiger partial charge in [0.15, 0.2) is 5.15 Å². The van der Waals surface area contributed by atoms with Crippen LogP contribution < -0.4 is 0 Å². The van der Waals surface area contributed by atoms with Crippen molar-refractivity contribution in [3.8, 4) is 0 Å². The first-order valence-corrected chi connectivity index (χ1v) is 8.37. The quantitative estimate of drug-likeness (QED) is 0.872. The Morgan fingerprint density at radius 3 is 2.92 bits per heavy atom. The lowest BCUT2D eigenvalue weighted by molar-refractivity contribution is -0.0845. The van der Waals surface area contributed by atoms with Crippen LogP contribution in [0.4, 0.5) is 4.79 Å². The monoisotopic (exact) mass is 368 g/mol. The highest BCUT2D eigenvalue weighted by molar-refractivity contribution is 6.32. The molecule has 1 aliphatic rings. The zero-order valence-electron chi connectivity index (χ0n) is 14.3. The molecule has 2 aromatic heterocycles. The number of fused-ring (bicyclic) bond motifs is 1. The fraction of sp³-hybridized carbons (Fsp3) is 0.562. The summed E-state index contributed by atoms with van der Waals surface area (Å²) in [5.41, 5.74) is 0.0419. The number of aliphatic hydroxyl groups is 1. The Balaban J connectivity index is 1.86. The molecule has 1 aliphatic heterocycles. The smallest absolute Gasteiger partial charge is 0.410 e. The summed E-state index contributed by atoms with van der Waals surface area (Å²) in [6, 6.07) is -0.456. The Labute approximate surface area is 150 Å². The molecule has 1 N–H and O–H groups in total. The Bertz CT molecular complexity index is 773. The molecule has 0 radical (unpaired) electrons. The average Bonchev–Trinajstić information content (AvgIpc) is 2.98. The molecule has 2 aromatic rings. The molecule has 0 bridgehead atoms. The Morgan fingerprint density at radius 2 is 2.24 bits per heavy atom. The molecule has 136 valence electrons. The van der Waals surface area contributed by atoms with Crippen molar-refractivity contribution < 1.29 is 19.4 Å². The zero-order chi connectivity index (χ0) is 18.2. The van der Waals surface area contributed by atoms with Crippen LogP contribution in [0.1, 0.15) is 32.7 Å². The van der Waals surface area contributed by atoms with Gasteiger partial charge in [-0.05, 0) is 20.8 Å². The molecule has 25 heavy (non-hydrogen) atoms. The van der Waals surface area contributed by atoms with E-state index in [1.165, 1.54) is 4.90 Å². The van der Waals surface area contributed by atoms with Gasteiger partial charge in [-0.15, -0.1) is 0 Å². The highest BCUT2D eigenvalue weighted by Gasteiger charge is 2.36.